The Morgan fingerprint density at radius 2 is 1.74 bits per heavy atom. The van der Waals surface area contributed by atoms with Gasteiger partial charge in [0.15, 0.2) is 0 Å². The highest BCUT2D eigenvalue weighted by Crippen LogP contribution is 2.26. The van der Waals surface area contributed by atoms with E-state index in [1.807, 2.05) is 54.6 Å². The fourth-order valence-corrected chi connectivity index (χ4v) is 2.37. The van der Waals surface area contributed by atoms with E-state index >= 15 is 0 Å². The second-order valence-electron chi connectivity index (χ2n) is 4.45. The quantitative estimate of drug-likeness (QED) is 0.765. The van der Waals surface area contributed by atoms with Crippen LogP contribution in [0.15, 0.2) is 60.8 Å². The molecule has 19 heavy (non-hydrogen) atoms. The van der Waals surface area contributed by atoms with Crippen molar-refractivity contribution in [2.45, 2.75) is 6.04 Å². The average molecular weight is 269 g/mol. The summed E-state index contributed by atoms with van der Waals surface area (Å²) in [6, 6.07) is 17.5. The molecule has 0 saturated carbocycles. The number of fused-ring (bicyclic) bond motifs is 1. The minimum Gasteiger partial charge on any atom is -0.320 e. The minimum absolute atomic E-state index is 0.176. The Morgan fingerprint density at radius 1 is 0.947 bits per heavy atom. The van der Waals surface area contributed by atoms with E-state index in [4.69, 9.17) is 17.3 Å². The summed E-state index contributed by atoms with van der Waals surface area (Å²) in [7, 11) is 0. The predicted octanol–water partition coefficient (Wildman–Crippen LogP) is 3.94. The lowest BCUT2D eigenvalue weighted by Crippen LogP contribution is -2.12. The molecule has 2 aromatic carbocycles. The third-order valence-electron chi connectivity index (χ3n) is 3.24. The highest BCUT2D eigenvalue weighted by atomic mass is 35.5. The van der Waals surface area contributed by atoms with Crippen LogP contribution >= 0.6 is 11.6 Å². The molecule has 94 valence electrons. The van der Waals surface area contributed by atoms with Gasteiger partial charge in [-0.15, -0.1) is 0 Å². The normalized spacial score (nSPS) is 12.5. The Labute approximate surface area is 116 Å². The average Bonchev–Trinajstić information content (AvgIpc) is 2.47. The van der Waals surface area contributed by atoms with E-state index in [-0.39, 0.29) is 6.04 Å². The summed E-state index contributed by atoms with van der Waals surface area (Å²) in [5, 5.41) is 1.81. The van der Waals surface area contributed by atoms with Crippen molar-refractivity contribution in [3.63, 3.8) is 0 Å². The number of halogens is 1. The van der Waals surface area contributed by atoms with Crippen molar-refractivity contribution in [1.82, 2.24) is 4.98 Å². The molecule has 0 spiro atoms. The summed E-state index contributed by atoms with van der Waals surface area (Å²) in [5.74, 6) is 0. The topological polar surface area (TPSA) is 38.9 Å². The van der Waals surface area contributed by atoms with Gasteiger partial charge in [0.1, 0.15) is 0 Å². The first-order valence-corrected chi connectivity index (χ1v) is 6.48. The molecule has 0 amide bonds. The van der Waals surface area contributed by atoms with E-state index in [1.54, 1.807) is 6.20 Å². The van der Waals surface area contributed by atoms with E-state index in [2.05, 4.69) is 4.98 Å². The van der Waals surface area contributed by atoms with Crippen molar-refractivity contribution in [2.24, 2.45) is 5.73 Å². The van der Waals surface area contributed by atoms with Gasteiger partial charge in [0.2, 0.25) is 0 Å². The molecule has 0 radical (unpaired) electrons. The second kappa shape index (κ2) is 5.00. The van der Waals surface area contributed by atoms with Gasteiger partial charge in [-0.2, -0.15) is 0 Å². The molecule has 0 aliphatic rings. The molecule has 2 N–H and O–H groups in total. The molecule has 3 rings (SSSR count). The zero-order chi connectivity index (χ0) is 13.2. The summed E-state index contributed by atoms with van der Waals surface area (Å²) in [6.45, 7) is 0. The van der Waals surface area contributed by atoms with Crippen molar-refractivity contribution in [2.75, 3.05) is 0 Å². The van der Waals surface area contributed by atoms with E-state index < -0.39 is 0 Å². The molecule has 0 aliphatic heterocycles. The monoisotopic (exact) mass is 268 g/mol. The summed E-state index contributed by atoms with van der Waals surface area (Å²) in [4.78, 5) is 4.36. The maximum Gasteiger partial charge on any atom is 0.0705 e. The maximum atomic E-state index is 6.36. The van der Waals surface area contributed by atoms with Crippen molar-refractivity contribution >= 4 is 22.5 Å². The number of rotatable bonds is 2. The number of nitrogens with two attached hydrogens (primary N) is 1. The lowest BCUT2D eigenvalue weighted by molar-refractivity contribution is 0.880. The van der Waals surface area contributed by atoms with Crippen molar-refractivity contribution in [3.8, 4) is 0 Å². The maximum absolute atomic E-state index is 6.36. The number of nitrogens with zero attached hydrogens (tertiary/aromatic N) is 1. The smallest absolute Gasteiger partial charge is 0.0705 e. The van der Waals surface area contributed by atoms with Gasteiger partial charge in [-0.1, -0.05) is 41.9 Å². The van der Waals surface area contributed by atoms with E-state index in [1.165, 1.54) is 0 Å². The number of hydrogen-bond donors (Lipinski definition) is 1. The summed E-state index contributed by atoms with van der Waals surface area (Å²) < 4.78 is 0. The SMILES string of the molecule is NC(c1ccc(Cl)cc1)c1cccc2ncccc12. The molecule has 0 saturated heterocycles. The summed E-state index contributed by atoms with van der Waals surface area (Å²) >= 11 is 5.91. The molecule has 0 bridgehead atoms. The highest BCUT2D eigenvalue weighted by molar-refractivity contribution is 6.30. The first-order chi connectivity index (χ1) is 9.25. The Hall–Kier alpha value is -1.90. The number of hydrogen-bond acceptors (Lipinski definition) is 2. The fourth-order valence-electron chi connectivity index (χ4n) is 2.25. The Morgan fingerprint density at radius 3 is 2.53 bits per heavy atom. The van der Waals surface area contributed by atoms with Gasteiger partial charge in [0.05, 0.1) is 11.6 Å². The van der Waals surface area contributed by atoms with Gasteiger partial charge in [-0.05, 0) is 35.4 Å². The second-order valence-corrected chi connectivity index (χ2v) is 4.88. The molecule has 0 aliphatic carbocycles. The van der Waals surface area contributed by atoms with Crippen molar-refractivity contribution < 1.29 is 0 Å². The van der Waals surface area contributed by atoms with Gasteiger partial charge in [-0.25, -0.2) is 0 Å². The molecule has 1 aromatic heterocycles. The minimum atomic E-state index is -0.176. The Bertz CT molecular complexity index is 702. The first-order valence-electron chi connectivity index (χ1n) is 6.10. The van der Waals surface area contributed by atoms with Crippen LogP contribution in [0.4, 0.5) is 0 Å². The van der Waals surface area contributed by atoms with Crippen LogP contribution in [-0.4, -0.2) is 4.98 Å². The van der Waals surface area contributed by atoms with Gasteiger partial charge >= 0.3 is 0 Å². The molecular weight excluding hydrogens is 256 g/mol. The molecule has 3 heteroatoms. The number of pyridine rings is 1. The lowest BCUT2D eigenvalue weighted by Gasteiger charge is -2.15. The van der Waals surface area contributed by atoms with E-state index in [0.717, 1.165) is 27.1 Å². The Kier molecular flexibility index (Phi) is 3.20. The van der Waals surface area contributed by atoms with E-state index in [0.29, 0.717) is 0 Å². The van der Waals surface area contributed by atoms with Gasteiger partial charge < -0.3 is 5.73 Å². The lowest BCUT2D eigenvalue weighted by atomic mass is 9.96. The fraction of sp³-hybridized carbons (Fsp3) is 0.0625. The molecule has 1 atom stereocenters. The molecule has 0 fully saturated rings. The zero-order valence-corrected chi connectivity index (χ0v) is 11.0. The predicted molar refractivity (Wildman–Crippen MR) is 79.2 cm³/mol. The molecular formula is C16H13ClN2. The van der Waals surface area contributed by atoms with Crippen LogP contribution in [0.3, 0.4) is 0 Å². The van der Waals surface area contributed by atoms with Crippen molar-refractivity contribution in [3.05, 3.63) is 76.9 Å². The van der Waals surface area contributed by atoms with Gasteiger partial charge in [0, 0.05) is 16.6 Å². The van der Waals surface area contributed by atoms with Gasteiger partial charge in [-0.3, -0.25) is 4.98 Å². The largest absolute Gasteiger partial charge is 0.320 e. The molecule has 3 aromatic rings. The van der Waals surface area contributed by atoms with Crippen molar-refractivity contribution in [1.29, 1.82) is 0 Å². The van der Waals surface area contributed by atoms with Crippen LogP contribution in [0.2, 0.25) is 5.02 Å². The standard InChI is InChI=1S/C16H13ClN2/c17-12-8-6-11(7-9-12)16(18)14-3-1-5-15-13(14)4-2-10-19-15/h1-10,16H,18H2. The van der Waals surface area contributed by atoms with Gasteiger partial charge in [0.25, 0.3) is 0 Å². The highest BCUT2D eigenvalue weighted by Gasteiger charge is 2.12. The zero-order valence-electron chi connectivity index (χ0n) is 10.3. The third-order valence-corrected chi connectivity index (χ3v) is 3.50. The van der Waals surface area contributed by atoms with Crippen LogP contribution < -0.4 is 5.73 Å². The molecule has 1 unspecified atom stereocenters. The molecule has 1 heterocycles. The summed E-state index contributed by atoms with van der Waals surface area (Å²) in [5.41, 5.74) is 9.44. The molecule has 2 nitrogen and oxygen atoms in total. The summed E-state index contributed by atoms with van der Waals surface area (Å²) in [6.07, 6.45) is 1.79. The van der Waals surface area contributed by atoms with Crippen LogP contribution in [0.5, 0.6) is 0 Å². The van der Waals surface area contributed by atoms with Crippen LogP contribution in [0.25, 0.3) is 10.9 Å². The first kappa shape index (κ1) is 12.2. The van der Waals surface area contributed by atoms with Crippen LogP contribution in [0.1, 0.15) is 17.2 Å². The van der Waals surface area contributed by atoms with E-state index in [9.17, 15) is 0 Å². The number of benzene rings is 2. The van der Waals surface area contributed by atoms with Crippen LogP contribution in [0, 0.1) is 0 Å². The third kappa shape index (κ3) is 2.33. The van der Waals surface area contributed by atoms with Crippen LogP contribution in [-0.2, 0) is 0 Å². The Balaban J connectivity index is 2.11. The number of aromatic nitrogens is 1.